The zero-order valence-electron chi connectivity index (χ0n) is 14.9. The molecule has 0 aromatic heterocycles. The van der Waals surface area contributed by atoms with Crippen molar-refractivity contribution in [2.24, 2.45) is 0 Å². The Labute approximate surface area is 155 Å². The first kappa shape index (κ1) is 20.2. The summed E-state index contributed by atoms with van der Waals surface area (Å²) in [6.07, 6.45) is 7.88. The van der Waals surface area contributed by atoms with Crippen molar-refractivity contribution in [3.63, 3.8) is 0 Å². The molecule has 7 heteroatoms. The van der Waals surface area contributed by atoms with E-state index >= 15 is 0 Å². The van der Waals surface area contributed by atoms with Crippen molar-refractivity contribution >= 4 is 27.5 Å². The first-order chi connectivity index (χ1) is 11.8. The Morgan fingerprint density at radius 3 is 2.20 bits per heavy atom. The van der Waals surface area contributed by atoms with E-state index in [1.54, 1.807) is 18.9 Å². The van der Waals surface area contributed by atoms with Crippen LogP contribution >= 0.6 is 11.6 Å². The monoisotopic (exact) mass is 386 g/mol. The van der Waals surface area contributed by atoms with Crippen LogP contribution in [0, 0.1) is 0 Å². The van der Waals surface area contributed by atoms with Crippen LogP contribution in [0.3, 0.4) is 0 Å². The highest BCUT2D eigenvalue weighted by atomic mass is 35.5. The molecule has 1 amide bonds. The molecular weight excluding hydrogens is 360 g/mol. The number of hydrogen-bond donors (Lipinski definition) is 1. The minimum atomic E-state index is -3.75. The molecule has 0 spiro atoms. The summed E-state index contributed by atoms with van der Waals surface area (Å²) in [4.78, 5) is 14.5. The van der Waals surface area contributed by atoms with Gasteiger partial charge in [0, 0.05) is 18.1 Å². The summed E-state index contributed by atoms with van der Waals surface area (Å²) in [5, 5.41) is 0.465. The summed E-state index contributed by atoms with van der Waals surface area (Å²) in [5.74, 6) is -0.192. The van der Waals surface area contributed by atoms with Crippen LogP contribution in [0.1, 0.15) is 51.9 Å². The second-order valence-electron chi connectivity index (χ2n) is 6.74. The Bertz CT molecular complexity index is 668. The molecule has 0 unspecified atom stereocenters. The number of nitrogens with one attached hydrogen (secondary N) is 1. The van der Waals surface area contributed by atoms with E-state index in [0.717, 1.165) is 25.7 Å². The fraction of sp³-hybridized carbons (Fsp3) is 0.611. The summed E-state index contributed by atoms with van der Waals surface area (Å²) >= 11 is 5.79. The predicted octanol–water partition coefficient (Wildman–Crippen LogP) is 3.58. The zero-order valence-corrected chi connectivity index (χ0v) is 16.4. The number of sulfonamides is 1. The van der Waals surface area contributed by atoms with Crippen LogP contribution in [0.5, 0.6) is 0 Å². The number of nitrogens with zero attached hydrogens (tertiary/aromatic N) is 1. The molecule has 0 heterocycles. The van der Waals surface area contributed by atoms with Gasteiger partial charge in [-0.2, -0.15) is 4.72 Å². The summed E-state index contributed by atoms with van der Waals surface area (Å²) < 4.78 is 27.3. The SMILES string of the molecule is C[C@H](NS(=O)(=O)c1ccc(Cl)cc1)C(=O)N(C)C1CCCCCCC1. The van der Waals surface area contributed by atoms with E-state index < -0.39 is 16.1 Å². The van der Waals surface area contributed by atoms with Crippen molar-refractivity contribution in [3.05, 3.63) is 29.3 Å². The van der Waals surface area contributed by atoms with Gasteiger partial charge in [-0.25, -0.2) is 8.42 Å². The summed E-state index contributed by atoms with van der Waals surface area (Å²) in [6.45, 7) is 1.59. The van der Waals surface area contributed by atoms with Gasteiger partial charge in [-0.3, -0.25) is 4.79 Å². The van der Waals surface area contributed by atoms with E-state index in [9.17, 15) is 13.2 Å². The maximum Gasteiger partial charge on any atom is 0.241 e. The van der Waals surface area contributed by atoms with Gasteiger partial charge in [0.05, 0.1) is 10.9 Å². The van der Waals surface area contributed by atoms with Crippen molar-refractivity contribution in [1.29, 1.82) is 0 Å². The van der Waals surface area contributed by atoms with Gasteiger partial charge in [0.15, 0.2) is 0 Å². The fourth-order valence-corrected chi connectivity index (χ4v) is 4.59. The van der Waals surface area contributed by atoms with Crippen LogP contribution in [0.4, 0.5) is 0 Å². The Morgan fingerprint density at radius 2 is 1.64 bits per heavy atom. The molecule has 1 aliphatic carbocycles. The first-order valence-corrected chi connectivity index (χ1v) is 10.7. The van der Waals surface area contributed by atoms with Gasteiger partial charge < -0.3 is 4.90 Å². The third-order valence-corrected chi connectivity index (χ3v) is 6.60. The van der Waals surface area contributed by atoms with Gasteiger partial charge in [0.25, 0.3) is 0 Å². The Balaban J connectivity index is 2.01. The molecule has 1 atom stereocenters. The largest absolute Gasteiger partial charge is 0.341 e. The number of amides is 1. The van der Waals surface area contributed by atoms with E-state index in [2.05, 4.69) is 4.72 Å². The summed E-state index contributed by atoms with van der Waals surface area (Å²) in [7, 11) is -1.98. The predicted molar refractivity (Wildman–Crippen MR) is 100 cm³/mol. The Kier molecular flexibility index (Phi) is 7.28. The second-order valence-corrected chi connectivity index (χ2v) is 8.90. The number of carbonyl (C=O) groups excluding carboxylic acids is 1. The normalized spacial score (nSPS) is 18.2. The van der Waals surface area contributed by atoms with Gasteiger partial charge in [0.2, 0.25) is 15.9 Å². The molecule has 1 N–H and O–H groups in total. The number of halogens is 1. The highest BCUT2D eigenvalue weighted by Gasteiger charge is 2.28. The summed E-state index contributed by atoms with van der Waals surface area (Å²) in [5.41, 5.74) is 0. The van der Waals surface area contributed by atoms with E-state index in [1.807, 2.05) is 0 Å². The van der Waals surface area contributed by atoms with Crippen molar-refractivity contribution < 1.29 is 13.2 Å². The minimum Gasteiger partial charge on any atom is -0.341 e. The molecule has 25 heavy (non-hydrogen) atoms. The van der Waals surface area contributed by atoms with E-state index in [4.69, 9.17) is 11.6 Å². The van der Waals surface area contributed by atoms with E-state index in [-0.39, 0.29) is 16.8 Å². The number of rotatable bonds is 5. The van der Waals surface area contributed by atoms with Gasteiger partial charge in [-0.05, 0) is 44.0 Å². The summed E-state index contributed by atoms with van der Waals surface area (Å²) in [6, 6.07) is 5.28. The third-order valence-electron chi connectivity index (χ3n) is 4.80. The third kappa shape index (κ3) is 5.69. The molecule has 140 valence electrons. The average Bonchev–Trinajstić information content (AvgIpc) is 2.53. The number of likely N-dealkylation sites (N-methyl/N-ethyl adjacent to an activating group) is 1. The molecule has 0 bridgehead atoms. The van der Waals surface area contributed by atoms with Gasteiger partial charge in [-0.1, -0.05) is 43.7 Å². The second kappa shape index (κ2) is 9.01. The molecule has 0 aliphatic heterocycles. The molecule has 1 fully saturated rings. The van der Waals surface area contributed by atoms with Gasteiger partial charge >= 0.3 is 0 Å². The molecule has 1 aliphatic rings. The van der Waals surface area contributed by atoms with Gasteiger partial charge in [-0.15, -0.1) is 0 Å². The van der Waals surface area contributed by atoms with Crippen LogP contribution in [-0.4, -0.2) is 38.4 Å². The number of carbonyl (C=O) groups is 1. The fourth-order valence-electron chi connectivity index (χ4n) is 3.27. The van der Waals surface area contributed by atoms with Gasteiger partial charge in [0.1, 0.15) is 0 Å². The lowest BCUT2D eigenvalue weighted by molar-refractivity contribution is -0.133. The Hall–Kier alpha value is -1.11. The Morgan fingerprint density at radius 1 is 1.12 bits per heavy atom. The molecule has 5 nitrogen and oxygen atoms in total. The minimum absolute atomic E-state index is 0.102. The standard InChI is InChI=1S/C18H27ClN2O3S/c1-14(20-25(23,24)17-12-10-15(19)11-13-17)18(22)21(2)16-8-6-4-3-5-7-9-16/h10-14,16,20H,3-9H2,1-2H3/t14-/m0/s1. The molecular formula is C18H27ClN2O3S. The van der Waals surface area contributed by atoms with Crippen molar-refractivity contribution in [3.8, 4) is 0 Å². The van der Waals surface area contributed by atoms with E-state index in [0.29, 0.717) is 5.02 Å². The average molecular weight is 387 g/mol. The number of benzene rings is 1. The number of hydrogen-bond acceptors (Lipinski definition) is 3. The smallest absolute Gasteiger partial charge is 0.241 e. The van der Waals surface area contributed by atoms with Crippen LogP contribution < -0.4 is 4.72 Å². The van der Waals surface area contributed by atoms with Crippen LogP contribution in [0.25, 0.3) is 0 Å². The molecule has 0 saturated heterocycles. The topological polar surface area (TPSA) is 66.5 Å². The van der Waals surface area contributed by atoms with Crippen LogP contribution in [0.15, 0.2) is 29.2 Å². The van der Waals surface area contributed by atoms with E-state index in [1.165, 1.54) is 43.5 Å². The molecule has 1 saturated carbocycles. The lowest BCUT2D eigenvalue weighted by Gasteiger charge is -2.31. The lowest BCUT2D eigenvalue weighted by Crippen LogP contribution is -2.49. The van der Waals surface area contributed by atoms with Crippen molar-refractivity contribution in [1.82, 2.24) is 9.62 Å². The molecule has 1 aromatic carbocycles. The highest BCUT2D eigenvalue weighted by molar-refractivity contribution is 7.89. The van der Waals surface area contributed by atoms with Crippen molar-refractivity contribution in [2.45, 2.75) is 68.8 Å². The molecule has 0 radical (unpaired) electrons. The highest BCUT2D eigenvalue weighted by Crippen LogP contribution is 2.21. The maximum atomic E-state index is 12.7. The van der Waals surface area contributed by atoms with Crippen LogP contribution in [-0.2, 0) is 14.8 Å². The van der Waals surface area contributed by atoms with Crippen molar-refractivity contribution in [2.75, 3.05) is 7.05 Å². The quantitative estimate of drug-likeness (QED) is 0.841. The lowest BCUT2D eigenvalue weighted by atomic mass is 9.95. The molecule has 1 aromatic rings. The maximum absolute atomic E-state index is 12.7. The first-order valence-electron chi connectivity index (χ1n) is 8.86. The zero-order chi connectivity index (χ0) is 18.4. The molecule has 2 rings (SSSR count). The van der Waals surface area contributed by atoms with Crippen LogP contribution in [0.2, 0.25) is 5.02 Å².